The molecule has 0 aliphatic carbocycles. The van der Waals surface area contributed by atoms with Gasteiger partial charge in [0.2, 0.25) is 5.91 Å². The van der Waals surface area contributed by atoms with Gasteiger partial charge in [-0.15, -0.1) is 0 Å². The number of carbonyl (C=O) groups excluding carboxylic acids is 1. The van der Waals surface area contributed by atoms with Crippen LogP contribution in [0.4, 0.5) is 5.69 Å². The molecule has 1 heterocycles. The maximum atomic E-state index is 12.2. The van der Waals surface area contributed by atoms with E-state index in [-0.39, 0.29) is 5.91 Å². The molecule has 0 spiro atoms. The van der Waals surface area contributed by atoms with E-state index in [1.165, 1.54) is 12.8 Å². The van der Waals surface area contributed by atoms with Crippen LogP contribution >= 0.6 is 12.2 Å². The Labute approximate surface area is 125 Å². The lowest BCUT2D eigenvalue weighted by Crippen LogP contribution is -2.42. The summed E-state index contributed by atoms with van der Waals surface area (Å²) in [7, 11) is 0. The molecule has 1 amide bonds. The van der Waals surface area contributed by atoms with E-state index in [1.54, 1.807) is 0 Å². The maximum absolute atomic E-state index is 12.2. The minimum absolute atomic E-state index is 0.0116. The summed E-state index contributed by atoms with van der Waals surface area (Å²) in [6, 6.07) is 7.84. The Morgan fingerprint density at radius 3 is 2.90 bits per heavy atom. The summed E-state index contributed by atoms with van der Waals surface area (Å²) in [6.07, 6.45) is 3.58. The molecule has 1 atom stereocenters. The van der Waals surface area contributed by atoms with E-state index in [9.17, 15) is 4.79 Å². The smallest absolute Gasteiger partial charge is 0.238 e. The van der Waals surface area contributed by atoms with E-state index in [0.29, 0.717) is 28.8 Å². The molecule has 1 aromatic carbocycles. The summed E-state index contributed by atoms with van der Waals surface area (Å²) in [5.41, 5.74) is 7.07. The number of piperidine rings is 1. The molecule has 3 N–H and O–H groups in total. The second-order valence-electron chi connectivity index (χ2n) is 5.27. The molecule has 1 fully saturated rings. The van der Waals surface area contributed by atoms with Gasteiger partial charge in [-0.1, -0.05) is 30.8 Å². The van der Waals surface area contributed by atoms with Gasteiger partial charge in [-0.3, -0.25) is 9.69 Å². The first kappa shape index (κ1) is 14.9. The van der Waals surface area contributed by atoms with Gasteiger partial charge >= 0.3 is 0 Å². The third-order valence-corrected chi connectivity index (χ3v) is 3.97. The van der Waals surface area contributed by atoms with Gasteiger partial charge in [-0.25, -0.2) is 0 Å². The number of likely N-dealkylation sites (tertiary alicyclic amines) is 1. The average Bonchev–Trinajstić information content (AvgIpc) is 2.41. The van der Waals surface area contributed by atoms with E-state index >= 15 is 0 Å². The molecular weight excluding hydrogens is 270 g/mol. The highest BCUT2D eigenvalue weighted by atomic mass is 32.1. The summed E-state index contributed by atoms with van der Waals surface area (Å²) >= 11 is 5.00. The summed E-state index contributed by atoms with van der Waals surface area (Å²) in [6.45, 7) is 3.59. The van der Waals surface area contributed by atoms with Crippen LogP contribution in [0.3, 0.4) is 0 Å². The number of hydrogen-bond acceptors (Lipinski definition) is 3. The Hall–Kier alpha value is -1.46. The Morgan fingerprint density at radius 2 is 2.20 bits per heavy atom. The van der Waals surface area contributed by atoms with Gasteiger partial charge in [0.05, 0.1) is 12.2 Å². The van der Waals surface area contributed by atoms with Gasteiger partial charge in [0, 0.05) is 11.6 Å². The number of carbonyl (C=O) groups is 1. The van der Waals surface area contributed by atoms with E-state index in [1.807, 2.05) is 24.3 Å². The molecule has 108 valence electrons. The van der Waals surface area contributed by atoms with Crippen LogP contribution < -0.4 is 11.1 Å². The highest BCUT2D eigenvalue weighted by molar-refractivity contribution is 7.80. The van der Waals surface area contributed by atoms with Crippen LogP contribution in [0.2, 0.25) is 0 Å². The fourth-order valence-corrected chi connectivity index (χ4v) is 2.75. The summed E-state index contributed by atoms with van der Waals surface area (Å²) in [5.74, 6) is -0.0116. The molecular formula is C15H21N3OS. The fraction of sp³-hybridized carbons (Fsp3) is 0.467. The Bertz CT molecular complexity index is 504. The topological polar surface area (TPSA) is 58.4 Å². The standard InChI is InChI=1S/C15H21N3OS/c1-11-6-4-5-9-18(11)10-14(19)17-13-8-3-2-7-12(13)15(16)20/h2-3,7-8,11H,4-6,9-10H2,1H3,(H2,16,20)(H,17,19). The lowest BCUT2D eigenvalue weighted by atomic mass is 10.0. The number of anilines is 1. The number of hydrogen-bond donors (Lipinski definition) is 2. The van der Waals surface area contributed by atoms with Crippen molar-refractivity contribution in [2.45, 2.75) is 32.2 Å². The number of para-hydroxylation sites is 1. The Morgan fingerprint density at radius 1 is 1.45 bits per heavy atom. The Kier molecular flexibility index (Phi) is 5.09. The van der Waals surface area contributed by atoms with E-state index in [2.05, 4.69) is 17.1 Å². The second kappa shape index (κ2) is 6.81. The molecule has 0 saturated carbocycles. The number of nitrogens with zero attached hydrogens (tertiary/aromatic N) is 1. The highest BCUT2D eigenvalue weighted by Crippen LogP contribution is 2.17. The average molecular weight is 291 g/mol. The predicted molar refractivity (Wildman–Crippen MR) is 85.8 cm³/mol. The van der Waals surface area contributed by atoms with Crippen molar-refractivity contribution in [3.05, 3.63) is 29.8 Å². The highest BCUT2D eigenvalue weighted by Gasteiger charge is 2.20. The molecule has 0 bridgehead atoms. The first-order chi connectivity index (χ1) is 9.58. The molecule has 1 aromatic rings. The summed E-state index contributed by atoms with van der Waals surface area (Å²) in [4.78, 5) is 14.7. The van der Waals surface area contributed by atoms with E-state index < -0.39 is 0 Å². The largest absolute Gasteiger partial charge is 0.389 e. The third kappa shape index (κ3) is 3.77. The van der Waals surface area contributed by atoms with Crippen LogP contribution in [0.25, 0.3) is 0 Å². The quantitative estimate of drug-likeness (QED) is 0.834. The number of rotatable bonds is 4. The van der Waals surface area contributed by atoms with Crippen molar-refractivity contribution in [3.8, 4) is 0 Å². The second-order valence-corrected chi connectivity index (χ2v) is 5.71. The van der Waals surface area contributed by atoms with Crippen LogP contribution in [-0.4, -0.2) is 34.9 Å². The van der Waals surface area contributed by atoms with Crippen LogP contribution in [0.5, 0.6) is 0 Å². The van der Waals surface area contributed by atoms with Crippen molar-refractivity contribution >= 4 is 28.8 Å². The number of amides is 1. The normalized spacial score (nSPS) is 19.6. The number of thiocarbonyl (C=S) groups is 1. The maximum Gasteiger partial charge on any atom is 0.238 e. The SMILES string of the molecule is CC1CCCCN1CC(=O)Nc1ccccc1C(N)=S. The third-order valence-electron chi connectivity index (χ3n) is 3.75. The predicted octanol–water partition coefficient (Wildman–Crippen LogP) is 2.13. The van der Waals surface area contributed by atoms with Crippen LogP contribution in [0, 0.1) is 0 Å². The molecule has 0 aromatic heterocycles. The molecule has 1 aliphatic heterocycles. The van der Waals surface area contributed by atoms with Gasteiger partial charge in [-0.2, -0.15) is 0 Å². The fourth-order valence-electron chi connectivity index (χ4n) is 2.57. The van der Waals surface area contributed by atoms with Crippen molar-refractivity contribution in [2.24, 2.45) is 5.73 Å². The van der Waals surface area contributed by atoms with Crippen LogP contribution in [0.1, 0.15) is 31.7 Å². The zero-order valence-electron chi connectivity index (χ0n) is 11.8. The number of benzene rings is 1. The van der Waals surface area contributed by atoms with E-state index in [0.717, 1.165) is 13.0 Å². The minimum Gasteiger partial charge on any atom is -0.389 e. The number of nitrogens with one attached hydrogen (secondary N) is 1. The summed E-state index contributed by atoms with van der Waals surface area (Å²) in [5, 5.41) is 2.91. The van der Waals surface area contributed by atoms with Gasteiger partial charge in [0.25, 0.3) is 0 Å². The minimum atomic E-state index is -0.0116. The molecule has 0 radical (unpaired) electrons. The first-order valence-electron chi connectivity index (χ1n) is 7.00. The molecule has 1 unspecified atom stereocenters. The van der Waals surface area contributed by atoms with Gasteiger partial charge < -0.3 is 11.1 Å². The molecule has 2 rings (SSSR count). The van der Waals surface area contributed by atoms with Crippen molar-refractivity contribution in [1.29, 1.82) is 0 Å². The zero-order valence-corrected chi connectivity index (χ0v) is 12.6. The van der Waals surface area contributed by atoms with Crippen molar-refractivity contribution in [2.75, 3.05) is 18.4 Å². The zero-order chi connectivity index (χ0) is 14.5. The lowest BCUT2D eigenvalue weighted by molar-refractivity contribution is -0.118. The van der Waals surface area contributed by atoms with Crippen molar-refractivity contribution < 1.29 is 4.79 Å². The summed E-state index contributed by atoms with van der Waals surface area (Å²) < 4.78 is 0. The van der Waals surface area contributed by atoms with Gasteiger partial charge in [-0.05, 0) is 38.4 Å². The molecule has 1 saturated heterocycles. The number of nitrogens with two attached hydrogens (primary N) is 1. The van der Waals surface area contributed by atoms with Crippen molar-refractivity contribution in [1.82, 2.24) is 4.90 Å². The molecule has 1 aliphatic rings. The first-order valence-corrected chi connectivity index (χ1v) is 7.41. The van der Waals surface area contributed by atoms with Gasteiger partial charge in [0.1, 0.15) is 4.99 Å². The molecule has 5 heteroatoms. The monoisotopic (exact) mass is 291 g/mol. The Balaban J connectivity index is 1.99. The van der Waals surface area contributed by atoms with E-state index in [4.69, 9.17) is 18.0 Å². The van der Waals surface area contributed by atoms with Gasteiger partial charge in [0.15, 0.2) is 0 Å². The van der Waals surface area contributed by atoms with Crippen LogP contribution in [0.15, 0.2) is 24.3 Å². The molecule has 4 nitrogen and oxygen atoms in total. The lowest BCUT2D eigenvalue weighted by Gasteiger charge is -2.32. The molecule has 20 heavy (non-hydrogen) atoms. The van der Waals surface area contributed by atoms with Crippen LogP contribution in [-0.2, 0) is 4.79 Å². The van der Waals surface area contributed by atoms with Crippen molar-refractivity contribution in [3.63, 3.8) is 0 Å².